The van der Waals surface area contributed by atoms with Crippen molar-refractivity contribution < 1.29 is 12.8 Å². The first-order valence-corrected chi connectivity index (χ1v) is 9.56. The van der Waals surface area contributed by atoms with Gasteiger partial charge in [-0.3, -0.25) is 0 Å². The van der Waals surface area contributed by atoms with E-state index in [1.54, 1.807) is 12.1 Å². The van der Waals surface area contributed by atoms with Crippen molar-refractivity contribution in [2.75, 3.05) is 0 Å². The summed E-state index contributed by atoms with van der Waals surface area (Å²) in [6.07, 6.45) is 0.948. The second-order valence-electron chi connectivity index (χ2n) is 6.29. The van der Waals surface area contributed by atoms with Gasteiger partial charge in [0.1, 0.15) is 5.82 Å². The summed E-state index contributed by atoms with van der Waals surface area (Å²) in [6.45, 7) is 6.10. The summed E-state index contributed by atoms with van der Waals surface area (Å²) >= 11 is 5.92. The van der Waals surface area contributed by atoms with Crippen LogP contribution in [0.15, 0.2) is 47.4 Å². The van der Waals surface area contributed by atoms with Crippen LogP contribution in [0.25, 0.3) is 0 Å². The molecule has 0 aliphatic heterocycles. The zero-order chi connectivity index (χ0) is 18.0. The smallest absolute Gasteiger partial charge is 0.207 e. The highest BCUT2D eigenvalue weighted by Gasteiger charge is 2.20. The van der Waals surface area contributed by atoms with Gasteiger partial charge in [0, 0.05) is 17.1 Å². The molecule has 2 aromatic carbocycles. The Hall–Kier alpha value is -1.43. The van der Waals surface area contributed by atoms with Crippen molar-refractivity contribution in [1.29, 1.82) is 0 Å². The minimum atomic E-state index is -3.74. The zero-order valence-electron chi connectivity index (χ0n) is 13.9. The van der Waals surface area contributed by atoms with Gasteiger partial charge in [-0.15, -0.1) is 0 Å². The average molecular weight is 370 g/mol. The molecule has 0 unspecified atom stereocenters. The van der Waals surface area contributed by atoms with Gasteiger partial charge in [-0.25, -0.2) is 17.5 Å². The lowest BCUT2D eigenvalue weighted by Crippen LogP contribution is -2.24. The van der Waals surface area contributed by atoms with E-state index in [2.05, 4.69) is 25.5 Å². The van der Waals surface area contributed by atoms with Crippen LogP contribution in [0, 0.1) is 5.82 Å². The summed E-state index contributed by atoms with van der Waals surface area (Å²) in [6, 6.07) is 11.0. The molecule has 0 saturated carbocycles. The Bertz CT molecular complexity index is 797. The van der Waals surface area contributed by atoms with Crippen LogP contribution in [0.1, 0.15) is 38.3 Å². The van der Waals surface area contributed by atoms with Crippen molar-refractivity contribution in [3.63, 3.8) is 0 Å². The minimum Gasteiger partial charge on any atom is -0.207 e. The van der Waals surface area contributed by atoms with Crippen LogP contribution in [-0.4, -0.2) is 8.42 Å². The van der Waals surface area contributed by atoms with Gasteiger partial charge in [0.25, 0.3) is 0 Å². The standard InChI is InChI=1S/C18H21ClFNO2S/c1-4-18(2,3)13-8-10-14(11-9-13)24(22,23)21-12-15-16(19)6-5-7-17(15)20/h5-11,21H,4,12H2,1-3H3. The lowest BCUT2D eigenvalue weighted by atomic mass is 9.82. The molecule has 0 radical (unpaired) electrons. The molecule has 0 saturated heterocycles. The summed E-state index contributed by atoms with van der Waals surface area (Å²) in [4.78, 5) is 0.144. The molecule has 0 aliphatic rings. The molecule has 0 atom stereocenters. The Balaban J connectivity index is 2.19. The Kier molecular flexibility index (Phi) is 5.68. The van der Waals surface area contributed by atoms with Gasteiger partial charge < -0.3 is 0 Å². The number of hydrogen-bond donors (Lipinski definition) is 1. The SMILES string of the molecule is CCC(C)(C)c1ccc(S(=O)(=O)NCc2c(F)cccc2Cl)cc1. The topological polar surface area (TPSA) is 46.2 Å². The molecule has 130 valence electrons. The van der Waals surface area contributed by atoms with Crippen molar-refractivity contribution in [3.05, 3.63) is 64.4 Å². The van der Waals surface area contributed by atoms with Gasteiger partial charge in [0.15, 0.2) is 0 Å². The zero-order valence-corrected chi connectivity index (χ0v) is 15.5. The third-order valence-electron chi connectivity index (χ3n) is 4.33. The molecule has 0 bridgehead atoms. The van der Waals surface area contributed by atoms with E-state index in [1.165, 1.54) is 18.2 Å². The summed E-state index contributed by atoms with van der Waals surface area (Å²) < 4.78 is 40.9. The van der Waals surface area contributed by atoms with E-state index < -0.39 is 15.8 Å². The quantitative estimate of drug-likeness (QED) is 0.805. The fourth-order valence-corrected chi connectivity index (χ4v) is 3.47. The lowest BCUT2D eigenvalue weighted by Gasteiger charge is -2.23. The number of rotatable bonds is 6. The molecule has 3 nitrogen and oxygen atoms in total. The van der Waals surface area contributed by atoms with Crippen LogP contribution in [0.5, 0.6) is 0 Å². The molecule has 6 heteroatoms. The fraction of sp³-hybridized carbons (Fsp3) is 0.333. The van der Waals surface area contributed by atoms with Crippen molar-refractivity contribution in [2.24, 2.45) is 0 Å². The van der Waals surface area contributed by atoms with Crippen LogP contribution in [0.4, 0.5) is 4.39 Å². The van der Waals surface area contributed by atoms with Crippen molar-refractivity contribution in [1.82, 2.24) is 4.72 Å². The number of nitrogens with one attached hydrogen (secondary N) is 1. The van der Waals surface area contributed by atoms with Crippen LogP contribution < -0.4 is 4.72 Å². The first kappa shape index (κ1) is 18.9. The summed E-state index contributed by atoms with van der Waals surface area (Å²) in [5.74, 6) is -0.537. The fourth-order valence-electron chi connectivity index (χ4n) is 2.24. The highest BCUT2D eigenvalue weighted by atomic mass is 35.5. The van der Waals surface area contributed by atoms with E-state index in [0.29, 0.717) is 0 Å². The Morgan fingerprint density at radius 3 is 2.29 bits per heavy atom. The predicted molar refractivity (Wildman–Crippen MR) is 95.2 cm³/mol. The Morgan fingerprint density at radius 2 is 1.75 bits per heavy atom. The molecule has 0 aliphatic carbocycles. The van der Waals surface area contributed by atoms with Gasteiger partial charge in [-0.2, -0.15) is 0 Å². The normalized spacial score (nSPS) is 12.4. The van der Waals surface area contributed by atoms with E-state index in [9.17, 15) is 12.8 Å². The second kappa shape index (κ2) is 7.21. The Labute approximate surface area is 147 Å². The van der Waals surface area contributed by atoms with E-state index in [0.717, 1.165) is 12.0 Å². The molecule has 1 N–H and O–H groups in total. The molecule has 2 rings (SSSR count). The monoisotopic (exact) mass is 369 g/mol. The number of hydrogen-bond acceptors (Lipinski definition) is 2. The van der Waals surface area contributed by atoms with E-state index >= 15 is 0 Å². The second-order valence-corrected chi connectivity index (χ2v) is 8.46. The van der Waals surface area contributed by atoms with Crippen LogP contribution in [-0.2, 0) is 22.0 Å². The largest absolute Gasteiger partial charge is 0.240 e. The average Bonchev–Trinajstić information content (AvgIpc) is 2.54. The molecule has 0 fully saturated rings. The molecule has 0 aromatic heterocycles. The lowest BCUT2D eigenvalue weighted by molar-refractivity contribution is 0.505. The predicted octanol–water partition coefficient (Wildman–Crippen LogP) is 4.65. The van der Waals surface area contributed by atoms with E-state index in [-0.39, 0.29) is 27.4 Å². The Morgan fingerprint density at radius 1 is 1.12 bits per heavy atom. The number of benzene rings is 2. The first-order chi connectivity index (χ1) is 11.2. The van der Waals surface area contributed by atoms with E-state index in [4.69, 9.17) is 11.6 Å². The minimum absolute atomic E-state index is 0.0174. The van der Waals surface area contributed by atoms with Crippen LogP contribution >= 0.6 is 11.6 Å². The molecule has 2 aromatic rings. The maximum absolute atomic E-state index is 13.7. The highest BCUT2D eigenvalue weighted by molar-refractivity contribution is 7.89. The first-order valence-electron chi connectivity index (χ1n) is 7.70. The highest BCUT2D eigenvalue weighted by Crippen LogP contribution is 2.27. The third kappa shape index (κ3) is 4.15. The van der Waals surface area contributed by atoms with Crippen molar-refractivity contribution in [2.45, 2.75) is 44.0 Å². The molecular weight excluding hydrogens is 349 g/mol. The van der Waals surface area contributed by atoms with Crippen molar-refractivity contribution in [3.8, 4) is 0 Å². The molecule has 0 heterocycles. The van der Waals surface area contributed by atoms with Gasteiger partial charge in [-0.05, 0) is 41.7 Å². The molecular formula is C18H21ClFNO2S. The molecule has 0 spiro atoms. The molecule has 24 heavy (non-hydrogen) atoms. The summed E-state index contributed by atoms with van der Waals surface area (Å²) in [5, 5.41) is 0.192. The number of halogens is 2. The molecule has 0 amide bonds. The van der Waals surface area contributed by atoms with Crippen LogP contribution in [0.2, 0.25) is 5.02 Å². The summed E-state index contributed by atoms with van der Waals surface area (Å²) in [7, 11) is -3.74. The summed E-state index contributed by atoms with van der Waals surface area (Å²) in [5.41, 5.74) is 1.18. The van der Waals surface area contributed by atoms with Crippen molar-refractivity contribution >= 4 is 21.6 Å². The van der Waals surface area contributed by atoms with Gasteiger partial charge in [-0.1, -0.05) is 50.6 Å². The third-order valence-corrected chi connectivity index (χ3v) is 6.10. The number of sulfonamides is 1. The van der Waals surface area contributed by atoms with E-state index in [1.807, 2.05) is 12.1 Å². The van der Waals surface area contributed by atoms with Gasteiger partial charge >= 0.3 is 0 Å². The van der Waals surface area contributed by atoms with Gasteiger partial charge in [0.05, 0.1) is 4.90 Å². The van der Waals surface area contributed by atoms with Crippen LogP contribution in [0.3, 0.4) is 0 Å². The maximum Gasteiger partial charge on any atom is 0.240 e. The maximum atomic E-state index is 13.7. The van der Waals surface area contributed by atoms with Gasteiger partial charge in [0.2, 0.25) is 10.0 Å².